The molecule has 1 heterocycles. The van der Waals surface area contributed by atoms with Crippen LogP contribution in [-0.4, -0.2) is 61.2 Å². The maximum atomic E-state index is 9.39. The van der Waals surface area contributed by atoms with E-state index in [1.165, 1.54) is 32.2 Å². The first-order valence-electron chi connectivity index (χ1n) is 7.60. The van der Waals surface area contributed by atoms with Gasteiger partial charge in [-0.3, -0.25) is 5.32 Å². The Morgan fingerprint density at radius 3 is 2.74 bits per heavy atom. The topological polar surface area (TPSA) is 42.3 Å². The van der Waals surface area contributed by atoms with Crippen molar-refractivity contribution in [2.24, 2.45) is 0 Å². The van der Waals surface area contributed by atoms with Crippen LogP contribution in [0, 0.1) is 11.3 Å². The maximum Gasteiger partial charge on any atom is 0.105 e. The highest BCUT2D eigenvalue weighted by atomic mass is 15.2. The van der Waals surface area contributed by atoms with Crippen molar-refractivity contribution in [2.45, 2.75) is 56.7 Å². The van der Waals surface area contributed by atoms with Gasteiger partial charge in [0, 0.05) is 25.2 Å². The minimum absolute atomic E-state index is 0.351. The molecule has 2 unspecified atom stereocenters. The van der Waals surface area contributed by atoms with Crippen LogP contribution < -0.4 is 5.32 Å². The van der Waals surface area contributed by atoms with Gasteiger partial charge in [0.05, 0.1) is 6.07 Å². The minimum Gasteiger partial charge on any atom is -0.305 e. The molecule has 1 saturated heterocycles. The van der Waals surface area contributed by atoms with Crippen molar-refractivity contribution in [1.29, 1.82) is 5.26 Å². The van der Waals surface area contributed by atoms with Gasteiger partial charge in [0.1, 0.15) is 5.54 Å². The number of piperidine rings is 1. The Balaban J connectivity index is 1.77. The molecule has 2 fully saturated rings. The number of likely N-dealkylation sites (tertiary alicyclic amines) is 1. The Labute approximate surface area is 117 Å². The maximum absolute atomic E-state index is 9.39. The van der Waals surface area contributed by atoms with Crippen molar-refractivity contribution in [3.8, 4) is 6.07 Å². The lowest BCUT2D eigenvalue weighted by Gasteiger charge is -2.37. The number of likely N-dealkylation sites (N-methyl/N-ethyl adjacent to an activating group) is 2. The molecule has 2 atom stereocenters. The number of hydrogen-bond donors (Lipinski definition) is 1. The predicted octanol–water partition coefficient (Wildman–Crippen LogP) is 1.44. The number of hydrogen-bond acceptors (Lipinski definition) is 4. The summed E-state index contributed by atoms with van der Waals surface area (Å²) in [6, 6.07) is 3.72. The fourth-order valence-electron chi connectivity index (χ4n) is 2.92. The quantitative estimate of drug-likeness (QED) is 0.788. The average Bonchev–Trinajstić information content (AvgIpc) is 3.20. The molecule has 4 nitrogen and oxygen atoms in total. The third-order valence-electron chi connectivity index (χ3n) is 4.53. The molecule has 0 radical (unpaired) electrons. The molecule has 0 bridgehead atoms. The summed E-state index contributed by atoms with van der Waals surface area (Å²) in [5.41, 5.74) is -0.351. The van der Waals surface area contributed by atoms with E-state index in [2.05, 4.69) is 35.3 Å². The normalized spacial score (nSPS) is 28.1. The molecule has 0 aromatic rings. The number of nitrogens with one attached hydrogen (secondary N) is 1. The number of nitriles is 1. The monoisotopic (exact) mass is 264 g/mol. The second-order valence-electron chi connectivity index (χ2n) is 6.65. The largest absolute Gasteiger partial charge is 0.305 e. The fraction of sp³-hybridized carbons (Fsp3) is 0.933. The van der Waals surface area contributed by atoms with Crippen LogP contribution >= 0.6 is 0 Å². The lowest BCUT2D eigenvalue weighted by Crippen LogP contribution is -2.49. The van der Waals surface area contributed by atoms with E-state index in [0.717, 1.165) is 19.5 Å². The van der Waals surface area contributed by atoms with Gasteiger partial charge in [-0.05, 0) is 59.7 Å². The standard InChI is InChI=1S/C15H28N4/c1-15(12-16,17-13-6-7-13)8-10-19(3)14-5-4-9-18(2)11-14/h13-14,17H,4-11H2,1-3H3. The Hall–Kier alpha value is -0.630. The molecule has 0 spiro atoms. The van der Waals surface area contributed by atoms with Crippen LogP contribution in [0.3, 0.4) is 0 Å². The van der Waals surface area contributed by atoms with Crippen LogP contribution in [0.5, 0.6) is 0 Å². The zero-order valence-electron chi connectivity index (χ0n) is 12.7. The molecular formula is C15H28N4. The van der Waals surface area contributed by atoms with Crippen molar-refractivity contribution in [3.63, 3.8) is 0 Å². The van der Waals surface area contributed by atoms with Gasteiger partial charge in [0.2, 0.25) is 0 Å². The fourth-order valence-corrected chi connectivity index (χ4v) is 2.92. The lowest BCUT2D eigenvalue weighted by molar-refractivity contribution is 0.128. The zero-order valence-corrected chi connectivity index (χ0v) is 12.7. The molecule has 0 aromatic heterocycles. The zero-order chi connectivity index (χ0) is 13.9. The van der Waals surface area contributed by atoms with Gasteiger partial charge in [-0.2, -0.15) is 5.26 Å². The Morgan fingerprint density at radius 1 is 1.42 bits per heavy atom. The van der Waals surface area contributed by atoms with E-state index < -0.39 is 0 Å². The van der Waals surface area contributed by atoms with Gasteiger partial charge in [-0.25, -0.2) is 0 Å². The van der Waals surface area contributed by atoms with Gasteiger partial charge in [-0.15, -0.1) is 0 Å². The Bertz CT molecular complexity index is 334. The highest BCUT2D eigenvalue weighted by Crippen LogP contribution is 2.24. The Kier molecular flexibility index (Phi) is 4.83. The molecule has 1 aliphatic carbocycles. The predicted molar refractivity (Wildman–Crippen MR) is 77.9 cm³/mol. The SMILES string of the molecule is CN1CCCC(N(C)CCC(C)(C#N)NC2CC2)C1. The summed E-state index contributed by atoms with van der Waals surface area (Å²) in [7, 11) is 4.41. The summed E-state index contributed by atoms with van der Waals surface area (Å²) in [6.45, 7) is 5.44. The van der Waals surface area contributed by atoms with Gasteiger partial charge < -0.3 is 9.80 Å². The van der Waals surface area contributed by atoms with Crippen molar-refractivity contribution in [2.75, 3.05) is 33.7 Å². The van der Waals surface area contributed by atoms with Gasteiger partial charge >= 0.3 is 0 Å². The van der Waals surface area contributed by atoms with E-state index in [9.17, 15) is 5.26 Å². The molecule has 108 valence electrons. The second-order valence-corrected chi connectivity index (χ2v) is 6.65. The van der Waals surface area contributed by atoms with Crippen molar-refractivity contribution in [1.82, 2.24) is 15.1 Å². The number of rotatable bonds is 6. The van der Waals surface area contributed by atoms with E-state index in [1.54, 1.807) is 0 Å². The molecular weight excluding hydrogens is 236 g/mol. The summed E-state index contributed by atoms with van der Waals surface area (Å²) in [4.78, 5) is 4.86. The first kappa shape index (κ1) is 14.8. The number of nitrogens with zero attached hydrogens (tertiary/aromatic N) is 3. The summed E-state index contributed by atoms with van der Waals surface area (Å²) < 4.78 is 0. The van der Waals surface area contributed by atoms with Crippen LogP contribution in [0.25, 0.3) is 0 Å². The van der Waals surface area contributed by atoms with E-state index in [-0.39, 0.29) is 5.54 Å². The van der Waals surface area contributed by atoms with E-state index >= 15 is 0 Å². The molecule has 0 amide bonds. The third kappa shape index (κ3) is 4.45. The first-order valence-corrected chi connectivity index (χ1v) is 7.60. The molecule has 4 heteroatoms. The summed E-state index contributed by atoms with van der Waals surface area (Å²) >= 11 is 0. The van der Waals surface area contributed by atoms with Crippen LogP contribution in [0.1, 0.15) is 39.0 Å². The van der Waals surface area contributed by atoms with Gasteiger partial charge in [0.25, 0.3) is 0 Å². The molecule has 0 aromatic carbocycles. The van der Waals surface area contributed by atoms with Gasteiger partial charge in [-0.1, -0.05) is 0 Å². The summed E-state index contributed by atoms with van der Waals surface area (Å²) in [5, 5.41) is 12.9. The minimum atomic E-state index is -0.351. The second kappa shape index (κ2) is 6.21. The van der Waals surface area contributed by atoms with Crippen LogP contribution in [0.4, 0.5) is 0 Å². The third-order valence-corrected chi connectivity index (χ3v) is 4.53. The molecule has 19 heavy (non-hydrogen) atoms. The first-order chi connectivity index (χ1) is 9.02. The highest BCUT2D eigenvalue weighted by Gasteiger charge is 2.33. The Morgan fingerprint density at radius 2 is 2.16 bits per heavy atom. The molecule has 2 rings (SSSR count). The molecule has 1 aliphatic heterocycles. The summed E-state index contributed by atoms with van der Waals surface area (Å²) in [6.07, 6.45) is 5.97. The van der Waals surface area contributed by atoms with Crippen molar-refractivity contribution in [3.05, 3.63) is 0 Å². The molecule has 1 N–H and O–H groups in total. The van der Waals surface area contributed by atoms with Crippen LogP contribution in [0.15, 0.2) is 0 Å². The van der Waals surface area contributed by atoms with E-state index in [0.29, 0.717) is 12.1 Å². The van der Waals surface area contributed by atoms with Gasteiger partial charge in [0.15, 0.2) is 0 Å². The van der Waals surface area contributed by atoms with Crippen LogP contribution in [-0.2, 0) is 0 Å². The average molecular weight is 264 g/mol. The van der Waals surface area contributed by atoms with Crippen LogP contribution in [0.2, 0.25) is 0 Å². The molecule has 1 saturated carbocycles. The van der Waals surface area contributed by atoms with E-state index in [1.807, 2.05) is 6.92 Å². The van der Waals surface area contributed by atoms with E-state index in [4.69, 9.17) is 0 Å². The molecule has 2 aliphatic rings. The lowest BCUT2D eigenvalue weighted by atomic mass is 9.98. The smallest absolute Gasteiger partial charge is 0.105 e. The van der Waals surface area contributed by atoms with Crippen molar-refractivity contribution >= 4 is 0 Å². The summed E-state index contributed by atoms with van der Waals surface area (Å²) in [5.74, 6) is 0. The van der Waals surface area contributed by atoms with Crippen molar-refractivity contribution < 1.29 is 0 Å². The highest BCUT2D eigenvalue weighted by molar-refractivity contribution is 5.07.